The van der Waals surface area contributed by atoms with Gasteiger partial charge in [-0.25, -0.2) is 0 Å². The summed E-state index contributed by atoms with van der Waals surface area (Å²) in [6.07, 6.45) is 0. The quantitative estimate of drug-likeness (QED) is 0.135. The summed E-state index contributed by atoms with van der Waals surface area (Å²) in [4.78, 5) is 0. The van der Waals surface area contributed by atoms with Crippen molar-refractivity contribution in [2.24, 2.45) is 0 Å². The molecule has 0 radical (unpaired) electrons. The molecule has 27 aromatic carbocycles. The molecule has 0 aliphatic heterocycles. The van der Waals surface area contributed by atoms with E-state index in [-0.39, 0.29) is 0 Å². The molecule has 4 heterocycles. The van der Waals surface area contributed by atoms with Crippen LogP contribution in [0.5, 0.6) is 0 Å². The zero-order valence-electron chi connectivity index (χ0n) is 79.4. The van der Waals surface area contributed by atoms with Crippen LogP contribution in [0.25, 0.3) is 296 Å². The number of hydrogen-bond donors (Lipinski definition) is 0. The van der Waals surface area contributed by atoms with Gasteiger partial charge >= 0.3 is 0 Å². The summed E-state index contributed by atoms with van der Waals surface area (Å²) >= 11 is 0. The summed E-state index contributed by atoms with van der Waals surface area (Å²) in [6.45, 7) is 0. The highest BCUT2D eigenvalue weighted by Crippen LogP contribution is 2.53. The van der Waals surface area contributed by atoms with Crippen molar-refractivity contribution in [1.82, 2.24) is 0 Å². The number of rotatable bonds is 9. The van der Waals surface area contributed by atoms with Gasteiger partial charge in [-0.2, -0.15) is 0 Å². The lowest BCUT2D eigenvalue weighted by Crippen LogP contribution is -1.91. The standard InChI is InChI=1S/C38H24O.2C36H22O.C32H20O/c1-2-11-25(12-3-1)26-13-10-14-27(23-26)37-31-16-4-6-18-33(31)38(34-19-7-5-17-32(34)37)28-21-22-30-29-15-8-9-20-35(29)39-36(30)24-28;1-2-12-25-23(10-1)11-9-18-28(25)36-31-16-5-3-14-29(31)35(30-15-4-6-17-32(30)36)24-20-21-27-26-13-7-8-19-33(26)37-34(27)22-24;1-2-10-24-21-25(18-17-23(24)9-1)35-29-12-3-5-14-31(29)36(32-15-6-4-13-30(32)35)26-19-20-28-27-11-7-8-16-33(27)37-34(28)22-26;1-2-10-21(11-3-1)31-25-13-4-6-15-27(25)32(28-16-7-5-14-26(28)31)22-18-19-24-23-12-8-9-17-29(23)33-30(24)20-22/h1-24H;2*1-22H;1-20H. The molecule has 0 aliphatic rings. The SMILES string of the molecule is c1ccc(-c2c3ccccc3c(-c3ccc4c(c3)oc3ccccc34)c3ccccc23)cc1.c1ccc(-c2cccc(-c3c4ccccc4c(-c4ccc5c(c4)oc4ccccc45)c4ccccc34)c2)cc1.c1ccc2c(-c3c4ccccc4c(-c4ccc5c(c4)oc4ccccc45)c4ccccc34)cccc2c1.c1ccc2cc(-c3c4ccccc4c(-c4ccc5c(c4)oc4ccccc45)c4ccccc34)ccc2c1. The Morgan fingerprint density at radius 2 is 0.295 bits per heavy atom. The van der Waals surface area contributed by atoms with Crippen LogP contribution in [-0.4, -0.2) is 0 Å². The van der Waals surface area contributed by atoms with Crippen LogP contribution in [0.15, 0.2) is 552 Å². The number of para-hydroxylation sites is 4. The Morgan fingerprint density at radius 3 is 0.623 bits per heavy atom. The maximum Gasteiger partial charge on any atom is 0.136 e. The van der Waals surface area contributed by atoms with Crippen molar-refractivity contribution in [3.63, 3.8) is 0 Å². The van der Waals surface area contributed by atoms with Crippen molar-refractivity contribution >= 4 is 195 Å². The molecule has 146 heavy (non-hydrogen) atoms. The van der Waals surface area contributed by atoms with Crippen LogP contribution < -0.4 is 0 Å². The van der Waals surface area contributed by atoms with Gasteiger partial charge in [-0.05, 0) is 293 Å². The van der Waals surface area contributed by atoms with Crippen molar-refractivity contribution in [3.8, 4) is 100 Å². The van der Waals surface area contributed by atoms with E-state index in [1.54, 1.807) is 0 Å². The number of fused-ring (bicyclic) bond motifs is 22. The lowest BCUT2D eigenvalue weighted by Gasteiger charge is -2.18. The van der Waals surface area contributed by atoms with Crippen LogP contribution in [0.4, 0.5) is 0 Å². The Morgan fingerprint density at radius 1 is 0.0890 bits per heavy atom. The second-order valence-electron chi connectivity index (χ2n) is 38.0. The molecule has 4 nitrogen and oxygen atoms in total. The van der Waals surface area contributed by atoms with E-state index < -0.39 is 0 Å². The van der Waals surface area contributed by atoms with Gasteiger partial charge in [0.25, 0.3) is 0 Å². The predicted molar refractivity (Wildman–Crippen MR) is 619 cm³/mol. The van der Waals surface area contributed by atoms with Gasteiger partial charge in [-0.3, -0.25) is 0 Å². The zero-order valence-corrected chi connectivity index (χ0v) is 79.4. The normalized spacial score (nSPS) is 11.7. The van der Waals surface area contributed by atoms with Gasteiger partial charge in [0.05, 0.1) is 0 Å². The van der Waals surface area contributed by atoms with E-state index in [4.69, 9.17) is 17.7 Å². The van der Waals surface area contributed by atoms with E-state index in [1.165, 1.54) is 208 Å². The highest BCUT2D eigenvalue weighted by Gasteiger charge is 2.26. The first-order valence-electron chi connectivity index (χ1n) is 50.0. The maximum atomic E-state index is 6.29. The monoisotopic (exact) mass is 1860 g/mol. The third-order valence-corrected chi connectivity index (χ3v) is 29.8. The first-order valence-corrected chi connectivity index (χ1v) is 50.0. The van der Waals surface area contributed by atoms with Gasteiger partial charge in [0, 0.05) is 43.1 Å². The lowest BCUT2D eigenvalue weighted by molar-refractivity contribution is 0.668. The Balaban J connectivity index is 0.0000000944. The molecule has 0 saturated carbocycles. The second kappa shape index (κ2) is 35.5. The molecule has 4 heteroatoms. The molecule has 0 saturated heterocycles. The highest BCUT2D eigenvalue weighted by atomic mass is 16.3. The predicted octanol–water partition coefficient (Wildman–Crippen LogP) is 40.9. The molecule has 0 atom stereocenters. The molecule has 31 rings (SSSR count). The fraction of sp³-hybridized carbons (Fsp3) is 0. The molecule has 0 spiro atoms. The Hall–Kier alpha value is -19.3. The minimum absolute atomic E-state index is 0.918. The smallest absolute Gasteiger partial charge is 0.136 e. The average molecular weight is 1860 g/mol. The Kier molecular flexibility index (Phi) is 20.6. The van der Waals surface area contributed by atoms with Crippen molar-refractivity contribution in [2.45, 2.75) is 0 Å². The minimum atomic E-state index is 0.918. The van der Waals surface area contributed by atoms with Crippen LogP contribution in [0.3, 0.4) is 0 Å². The van der Waals surface area contributed by atoms with E-state index in [9.17, 15) is 0 Å². The van der Waals surface area contributed by atoms with E-state index in [2.05, 4.69) is 485 Å². The van der Waals surface area contributed by atoms with E-state index in [1.807, 2.05) is 48.5 Å². The molecule has 0 amide bonds. The van der Waals surface area contributed by atoms with Gasteiger partial charge in [0.15, 0.2) is 0 Å². The van der Waals surface area contributed by atoms with Crippen LogP contribution >= 0.6 is 0 Å². The largest absolute Gasteiger partial charge is 0.456 e. The Bertz CT molecular complexity index is 10400. The topological polar surface area (TPSA) is 52.6 Å². The number of hydrogen-bond acceptors (Lipinski definition) is 4. The molecular weight excluding hydrogens is 1770 g/mol. The first-order chi connectivity index (χ1) is 72.4. The van der Waals surface area contributed by atoms with Crippen LogP contribution in [0.2, 0.25) is 0 Å². The fourth-order valence-corrected chi connectivity index (χ4v) is 23.4. The van der Waals surface area contributed by atoms with Gasteiger partial charge < -0.3 is 17.7 Å². The van der Waals surface area contributed by atoms with Crippen molar-refractivity contribution in [1.29, 1.82) is 0 Å². The third kappa shape index (κ3) is 14.4. The number of furan rings is 4. The molecule has 0 N–H and O–H groups in total. The molecule has 680 valence electrons. The molecule has 0 bridgehead atoms. The highest BCUT2D eigenvalue weighted by molar-refractivity contribution is 6.28. The van der Waals surface area contributed by atoms with Gasteiger partial charge in [0.1, 0.15) is 44.7 Å². The van der Waals surface area contributed by atoms with E-state index in [0.717, 1.165) is 87.8 Å². The summed E-state index contributed by atoms with van der Waals surface area (Å²) in [7, 11) is 0. The fourth-order valence-electron chi connectivity index (χ4n) is 23.4. The average Bonchev–Trinajstić information content (AvgIpc) is 0.996. The summed E-state index contributed by atoms with van der Waals surface area (Å²) in [5.74, 6) is 0. The van der Waals surface area contributed by atoms with Gasteiger partial charge in [-0.15, -0.1) is 0 Å². The van der Waals surface area contributed by atoms with Crippen LogP contribution in [0.1, 0.15) is 0 Å². The lowest BCUT2D eigenvalue weighted by atomic mass is 9.84. The third-order valence-electron chi connectivity index (χ3n) is 29.8. The van der Waals surface area contributed by atoms with Crippen molar-refractivity contribution in [2.75, 3.05) is 0 Å². The van der Waals surface area contributed by atoms with E-state index >= 15 is 0 Å². The molecular formula is C142H88O4. The maximum absolute atomic E-state index is 6.29. The van der Waals surface area contributed by atoms with E-state index in [0.29, 0.717) is 0 Å². The summed E-state index contributed by atoms with van der Waals surface area (Å²) < 4.78 is 25.1. The zero-order chi connectivity index (χ0) is 96.2. The van der Waals surface area contributed by atoms with Crippen LogP contribution in [-0.2, 0) is 0 Å². The summed E-state index contributed by atoms with van der Waals surface area (Å²) in [5, 5.41) is 34.4. The molecule has 0 aliphatic carbocycles. The molecule has 0 unspecified atom stereocenters. The summed E-state index contributed by atoms with van der Waals surface area (Å²) in [5.41, 5.74) is 29.6. The Labute approximate surface area is 841 Å². The number of benzene rings is 27. The van der Waals surface area contributed by atoms with Crippen molar-refractivity contribution < 1.29 is 17.7 Å². The van der Waals surface area contributed by atoms with Crippen molar-refractivity contribution in [3.05, 3.63) is 534 Å². The van der Waals surface area contributed by atoms with Gasteiger partial charge in [0.2, 0.25) is 0 Å². The minimum Gasteiger partial charge on any atom is -0.456 e. The van der Waals surface area contributed by atoms with Crippen LogP contribution in [0, 0.1) is 0 Å². The summed E-state index contributed by atoms with van der Waals surface area (Å²) in [6, 6.07) is 191. The second-order valence-corrected chi connectivity index (χ2v) is 38.0. The molecule has 0 fully saturated rings. The molecule has 31 aromatic rings. The molecule has 4 aromatic heterocycles. The van der Waals surface area contributed by atoms with Gasteiger partial charge in [-0.1, -0.05) is 449 Å². The first kappa shape index (κ1) is 84.8.